The van der Waals surface area contributed by atoms with Crippen LogP contribution in [0, 0.1) is 0 Å². The minimum atomic E-state index is -0.0531. The first-order valence-corrected chi connectivity index (χ1v) is 11.3. The van der Waals surface area contributed by atoms with Crippen molar-refractivity contribution in [2.75, 3.05) is 17.6 Å². The van der Waals surface area contributed by atoms with Crippen molar-refractivity contribution in [1.29, 1.82) is 0 Å². The molecular formula is C25H26N2O2S. The number of ether oxygens (including phenoxy) is 1. The minimum Gasteiger partial charge on any atom is -0.489 e. The lowest BCUT2D eigenvalue weighted by molar-refractivity contribution is 0.214. The van der Waals surface area contributed by atoms with Gasteiger partial charge in [-0.15, -0.1) is 11.8 Å². The van der Waals surface area contributed by atoms with E-state index in [1.165, 1.54) is 5.56 Å². The quantitative estimate of drug-likeness (QED) is 0.525. The summed E-state index contributed by atoms with van der Waals surface area (Å²) in [5.74, 6) is 1.76. The summed E-state index contributed by atoms with van der Waals surface area (Å²) in [6, 6.07) is 26.2. The fraction of sp³-hybridized carbons (Fsp3) is 0.240. The van der Waals surface area contributed by atoms with E-state index in [0.717, 1.165) is 41.3 Å². The summed E-state index contributed by atoms with van der Waals surface area (Å²) < 4.78 is 5.89. The van der Waals surface area contributed by atoms with Crippen LogP contribution in [-0.2, 0) is 13.0 Å². The van der Waals surface area contributed by atoms with Crippen LogP contribution in [0.2, 0.25) is 0 Å². The van der Waals surface area contributed by atoms with E-state index in [-0.39, 0.29) is 11.4 Å². The minimum absolute atomic E-state index is 0.0162. The number of nitrogens with one attached hydrogen (secondary N) is 1. The Kier molecular flexibility index (Phi) is 6.60. The first-order valence-electron chi connectivity index (χ1n) is 10.3. The van der Waals surface area contributed by atoms with Gasteiger partial charge in [0.05, 0.1) is 0 Å². The number of aryl methyl sites for hydroxylation is 1. The summed E-state index contributed by atoms with van der Waals surface area (Å²) in [4.78, 5) is 14.8. The van der Waals surface area contributed by atoms with Crippen molar-refractivity contribution >= 4 is 23.5 Å². The molecular weight excluding hydrogens is 392 g/mol. The van der Waals surface area contributed by atoms with E-state index in [2.05, 4.69) is 42.6 Å². The second-order valence-electron chi connectivity index (χ2n) is 7.24. The predicted octanol–water partition coefficient (Wildman–Crippen LogP) is 6.11. The molecule has 1 heterocycles. The van der Waals surface area contributed by atoms with Crippen LogP contribution in [0.3, 0.4) is 0 Å². The van der Waals surface area contributed by atoms with Gasteiger partial charge in [0, 0.05) is 18.0 Å². The highest BCUT2D eigenvalue weighted by molar-refractivity contribution is 7.99. The van der Waals surface area contributed by atoms with Gasteiger partial charge in [-0.25, -0.2) is 4.79 Å². The molecule has 1 atom stereocenters. The molecule has 0 saturated carbocycles. The molecule has 3 aromatic rings. The number of rotatable bonds is 6. The van der Waals surface area contributed by atoms with E-state index in [9.17, 15) is 4.79 Å². The summed E-state index contributed by atoms with van der Waals surface area (Å²) in [6.07, 6.45) is 0.949. The number of anilines is 1. The van der Waals surface area contributed by atoms with Crippen LogP contribution in [0.4, 0.5) is 10.5 Å². The third-order valence-corrected chi connectivity index (χ3v) is 6.41. The van der Waals surface area contributed by atoms with Crippen molar-refractivity contribution in [3.8, 4) is 5.75 Å². The van der Waals surface area contributed by atoms with Crippen LogP contribution < -0.4 is 10.1 Å². The SMILES string of the molecule is CCc1cccc(NC(=O)N2CCSC2c2ccc(OCc3ccccc3)cc2)c1. The first-order chi connectivity index (χ1) is 14.7. The van der Waals surface area contributed by atoms with E-state index in [4.69, 9.17) is 4.74 Å². The number of nitrogens with zero attached hydrogens (tertiary/aromatic N) is 1. The molecule has 1 aliphatic heterocycles. The molecule has 0 radical (unpaired) electrons. The van der Waals surface area contributed by atoms with Gasteiger partial charge in [-0.1, -0.05) is 61.5 Å². The molecule has 1 N–H and O–H groups in total. The van der Waals surface area contributed by atoms with Crippen LogP contribution >= 0.6 is 11.8 Å². The van der Waals surface area contributed by atoms with Gasteiger partial charge < -0.3 is 15.0 Å². The summed E-state index contributed by atoms with van der Waals surface area (Å²) in [5, 5.41) is 3.07. The predicted molar refractivity (Wildman–Crippen MR) is 124 cm³/mol. The Hall–Kier alpha value is -2.92. The number of carbonyl (C=O) groups excluding carboxylic acids is 1. The van der Waals surface area contributed by atoms with Crippen LogP contribution in [-0.4, -0.2) is 23.2 Å². The molecule has 1 aliphatic rings. The number of hydrogen-bond acceptors (Lipinski definition) is 3. The van der Waals surface area contributed by atoms with Gasteiger partial charge in [-0.3, -0.25) is 0 Å². The first kappa shape index (κ1) is 20.4. The third kappa shape index (κ3) is 4.97. The van der Waals surface area contributed by atoms with E-state index >= 15 is 0 Å². The summed E-state index contributed by atoms with van der Waals surface area (Å²) in [5.41, 5.74) is 4.32. The Morgan fingerprint density at radius 1 is 1.03 bits per heavy atom. The standard InChI is InChI=1S/C25H26N2O2S/c1-2-19-9-6-10-22(17-19)26-25(28)27-15-16-30-24(27)21-11-13-23(14-12-21)29-18-20-7-4-3-5-8-20/h3-14,17,24H,2,15-16,18H2,1H3,(H,26,28). The normalized spacial score (nSPS) is 15.8. The number of urea groups is 1. The van der Waals surface area contributed by atoms with Crippen molar-refractivity contribution in [3.63, 3.8) is 0 Å². The van der Waals surface area contributed by atoms with Crippen molar-refractivity contribution in [2.45, 2.75) is 25.3 Å². The van der Waals surface area contributed by atoms with Crippen molar-refractivity contribution in [3.05, 3.63) is 95.6 Å². The molecule has 1 fully saturated rings. The zero-order valence-electron chi connectivity index (χ0n) is 17.1. The lowest BCUT2D eigenvalue weighted by atomic mass is 10.1. The summed E-state index contributed by atoms with van der Waals surface area (Å²) >= 11 is 1.79. The second kappa shape index (κ2) is 9.72. The molecule has 154 valence electrons. The van der Waals surface area contributed by atoms with E-state index in [0.29, 0.717) is 6.61 Å². The molecule has 2 amide bonds. The smallest absolute Gasteiger partial charge is 0.323 e. The van der Waals surface area contributed by atoms with E-state index in [1.54, 1.807) is 11.8 Å². The van der Waals surface area contributed by atoms with Gasteiger partial charge in [-0.2, -0.15) is 0 Å². The molecule has 0 aliphatic carbocycles. The van der Waals surface area contributed by atoms with E-state index < -0.39 is 0 Å². The van der Waals surface area contributed by atoms with Crippen molar-refractivity contribution in [1.82, 2.24) is 4.90 Å². The molecule has 30 heavy (non-hydrogen) atoms. The number of thioether (sulfide) groups is 1. The molecule has 1 unspecified atom stereocenters. The van der Waals surface area contributed by atoms with Crippen LogP contribution in [0.15, 0.2) is 78.9 Å². The lowest BCUT2D eigenvalue weighted by Gasteiger charge is -2.24. The number of benzene rings is 3. The fourth-order valence-corrected chi connectivity index (χ4v) is 4.74. The van der Waals surface area contributed by atoms with Gasteiger partial charge in [-0.05, 0) is 47.4 Å². The Morgan fingerprint density at radius 3 is 2.57 bits per heavy atom. The second-order valence-corrected chi connectivity index (χ2v) is 8.43. The van der Waals surface area contributed by atoms with Gasteiger partial charge in [0.25, 0.3) is 0 Å². The monoisotopic (exact) mass is 418 g/mol. The molecule has 1 saturated heterocycles. The summed E-state index contributed by atoms with van der Waals surface area (Å²) in [7, 11) is 0. The number of carbonyl (C=O) groups is 1. The Morgan fingerprint density at radius 2 is 1.80 bits per heavy atom. The highest BCUT2D eigenvalue weighted by Gasteiger charge is 2.30. The Bertz CT molecular complexity index is 976. The zero-order valence-corrected chi connectivity index (χ0v) is 17.9. The topological polar surface area (TPSA) is 41.6 Å². The average molecular weight is 419 g/mol. The highest BCUT2D eigenvalue weighted by atomic mass is 32.2. The molecule has 0 aromatic heterocycles. The Balaban J connectivity index is 1.39. The van der Waals surface area contributed by atoms with Crippen LogP contribution in [0.5, 0.6) is 5.75 Å². The lowest BCUT2D eigenvalue weighted by Crippen LogP contribution is -2.34. The molecule has 4 rings (SSSR count). The van der Waals surface area contributed by atoms with Gasteiger partial charge in [0.2, 0.25) is 0 Å². The summed E-state index contributed by atoms with van der Waals surface area (Å²) in [6.45, 7) is 3.39. The molecule has 0 spiro atoms. The maximum Gasteiger partial charge on any atom is 0.323 e. The molecule has 5 heteroatoms. The van der Waals surface area contributed by atoms with Crippen molar-refractivity contribution in [2.24, 2.45) is 0 Å². The van der Waals surface area contributed by atoms with Gasteiger partial charge in [0.1, 0.15) is 17.7 Å². The number of hydrogen-bond donors (Lipinski definition) is 1. The molecule has 0 bridgehead atoms. The zero-order chi connectivity index (χ0) is 20.8. The number of amides is 2. The molecule has 3 aromatic carbocycles. The van der Waals surface area contributed by atoms with Crippen molar-refractivity contribution < 1.29 is 9.53 Å². The largest absolute Gasteiger partial charge is 0.489 e. The van der Waals surface area contributed by atoms with Crippen LogP contribution in [0.1, 0.15) is 29.0 Å². The van der Waals surface area contributed by atoms with E-state index in [1.807, 2.05) is 53.4 Å². The van der Waals surface area contributed by atoms with Crippen LogP contribution in [0.25, 0.3) is 0 Å². The maximum absolute atomic E-state index is 12.9. The highest BCUT2D eigenvalue weighted by Crippen LogP contribution is 2.38. The Labute approximate surface area is 182 Å². The average Bonchev–Trinajstić information content (AvgIpc) is 3.29. The molecule has 4 nitrogen and oxygen atoms in total. The van der Waals surface area contributed by atoms with Gasteiger partial charge >= 0.3 is 6.03 Å². The van der Waals surface area contributed by atoms with Gasteiger partial charge in [0.15, 0.2) is 0 Å². The third-order valence-electron chi connectivity index (χ3n) is 5.15. The fourth-order valence-electron chi connectivity index (χ4n) is 3.49. The maximum atomic E-state index is 12.9.